The molecule has 0 atom stereocenters. The van der Waals surface area contributed by atoms with E-state index in [-0.39, 0.29) is 0 Å². The summed E-state index contributed by atoms with van der Waals surface area (Å²) in [4.78, 5) is 8.00. The summed E-state index contributed by atoms with van der Waals surface area (Å²) >= 11 is 5.83. The van der Waals surface area contributed by atoms with Gasteiger partial charge in [-0.1, -0.05) is 11.6 Å². The van der Waals surface area contributed by atoms with Gasteiger partial charge in [0.2, 0.25) is 0 Å². The van der Waals surface area contributed by atoms with Crippen molar-refractivity contribution >= 4 is 17.4 Å². The molecular weight excluding hydrogens is 178 g/mol. The third-order valence-corrected chi connectivity index (χ3v) is 2.08. The monoisotopic (exact) mass is 185 g/mol. The third kappa shape index (κ3) is 1.23. The van der Waals surface area contributed by atoms with Crippen LogP contribution in [0.5, 0.6) is 0 Å². The Morgan fingerprint density at radius 1 is 1.58 bits per heavy atom. The van der Waals surface area contributed by atoms with Gasteiger partial charge in [-0.3, -0.25) is 4.98 Å². The summed E-state index contributed by atoms with van der Waals surface area (Å²) in [5, 5.41) is 0.392. The predicted molar refractivity (Wildman–Crippen MR) is 45.0 cm³/mol. The quantitative estimate of drug-likeness (QED) is 0.704. The van der Waals surface area contributed by atoms with Crippen LogP contribution in [0, 0.1) is 0 Å². The zero-order valence-electron chi connectivity index (χ0n) is 6.33. The lowest BCUT2D eigenvalue weighted by atomic mass is 10.1. The first-order valence-corrected chi connectivity index (χ1v) is 4.01. The highest BCUT2D eigenvalue weighted by molar-refractivity contribution is 6.30. The predicted octanol–water partition coefficient (Wildman–Crippen LogP) is 0.826. The van der Waals surface area contributed by atoms with Gasteiger partial charge in [0.15, 0.2) is 5.15 Å². The highest BCUT2D eigenvalue weighted by Gasteiger charge is 2.24. The normalized spacial score (nSPS) is 17.4. The second-order valence-corrected chi connectivity index (χ2v) is 3.06. The van der Waals surface area contributed by atoms with Crippen LogP contribution < -0.4 is 5.73 Å². The smallest absolute Gasteiger partial charge is 0.153 e. The van der Waals surface area contributed by atoms with Crippen LogP contribution in [-0.2, 0) is 4.74 Å². The molecular formula is C7H8ClN3O. The van der Waals surface area contributed by atoms with Gasteiger partial charge in [-0.05, 0) is 0 Å². The maximum atomic E-state index is 5.83. The number of nitrogen functional groups attached to an aromatic ring is 1. The van der Waals surface area contributed by atoms with Crippen LogP contribution in [-0.4, -0.2) is 23.2 Å². The van der Waals surface area contributed by atoms with Gasteiger partial charge in [0.05, 0.1) is 31.0 Å². The Labute approximate surface area is 74.7 Å². The topological polar surface area (TPSA) is 61.0 Å². The molecule has 5 heteroatoms. The molecule has 1 aliphatic rings. The Hall–Kier alpha value is -0.870. The summed E-state index contributed by atoms with van der Waals surface area (Å²) in [6, 6.07) is 0. The second kappa shape index (κ2) is 2.88. The van der Waals surface area contributed by atoms with Crippen molar-refractivity contribution in [2.45, 2.75) is 5.92 Å². The van der Waals surface area contributed by atoms with E-state index in [9.17, 15) is 0 Å². The van der Waals surface area contributed by atoms with Crippen molar-refractivity contribution in [3.05, 3.63) is 17.0 Å². The number of aromatic nitrogens is 2. The van der Waals surface area contributed by atoms with E-state index < -0.39 is 0 Å². The van der Waals surface area contributed by atoms with Crippen molar-refractivity contribution in [3.63, 3.8) is 0 Å². The molecule has 0 amide bonds. The first-order chi connectivity index (χ1) is 5.77. The van der Waals surface area contributed by atoms with Gasteiger partial charge in [-0.2, -0.15) is 0 Å². The fraction of sp³-hybridized carbons (Fsp3) is 0.429. The SMILES string of the molecule is Nc1cnc(C2COC2)c(Cl)n1. The Bertz CT molecular complexity index is 301. The fourth-order valence-electron chi connectivity index (χ4n) is 1.06. The zero-order chi connectivity index (χ0) is 8.55. The highest BCUT2D eigenvalue weighted by atomic mass is 35.5. The molecule has 12 heavy (non-hydrogen) atoms. The summed E-state index contributed by atoms with van der Waals surface area (Å²) < 4.78 is 5.02. The number of nitrogens with two attached hydrogens (primary N) is 1. The number of hydrogen-bond donors (Lipinski definition) is 1. The molecule has 0 unspecified atom stereocenters. The summed E-state index contributed by atoms with van der Waals surface area (Å²) in [6.45, 7) is 1.36. The average molecular weight is 186 g/mol. The molecule has 0 spiro atoms. The Morgan fingerprint density at radius 2 is 2.33 bits per heavy atom. The van der Waals surface area contributed by atoms with E-state index >= 15 is 0 Å². The lowest BCUT2D eigenvalue weighted by Crippen LogP contribution is -2.26. The van der Waals surface area contributed by atoms with Gasteiger partial charge in [0.25, 0.3) is 0 Å². The zero-order valence-corrected chi connectivity index (χ0v) is 7.08. The minimum absolute atomic E-state index is 0.297. The number of hydrogen-bond acceptors (Lipinski definition) is 4. The molecule has 0 radical (unpaired) electrons. The van der Waals surface area contributed by atoms with E-state index in [2.05, 4.69) is 9.97 Å². The molecule has 1 saturated heterocycles. The van der Waals surface area contributed by atoms with Crippen LogP contribution in [0.1, 0.15) is 11.6 Å². The summed E-state index contributed by atoms with van der Waals surface area (Å²) in [5.74, 6) is 0.648. The molecule has 2 heterocycles. The van der Waals surface area contributed by atoms with Gasteiger partial charge < -0.3 is 10.5 Å². The lowest BCUT2D eigenvalue weighted by molar-refractivity contribution is 0.00662. The van der Waals surface area contributed by atoms with Crippen LogP contribution in [0.3, 0.4) is 0 Å². The largest absolute Gasteiger partial charge is 0.382 e. The number of rotatable bonds is 1. The Morgan fingerprint density at radius 3 is 2.83 bits per heavy atom. The molecule has 1 aliphatic heterocycles. The molecule has 4 nitrogen and oxygen atoms in total. The molecule has 64 valence electrons. The van der Waals surface area contributed by atoms with Gasteiger partial charge in [0.1, 0.15) is 5.82 Å². The maximum absolute atomic E-state index is 5.83. The standard InChI is InChI=1S/C7H8ClN3O/c8-7-6(4-2-12-3-4)10-1-5(9)11-7/h1,4H,2-3H2,(H2,9,11). The summed E-state index contributed by atoms with van der Waals surface area (Å²) in [7, 11) is 0. The van der Waals surface area contributed by atoms with Crippen LogP contribution in [0.15, 0.2) is 6.20 Å². The van der Waals surface area contributed by atoms with E-state index in [1.807, 2.05) is 0 Å². The van der Waals surface area contributed by atoms with E-state index in [0.717, 1.165) is 5.69 Å². The first kappa shape index (κ1) is 7.76. The van der Waals surface area contributed by atoms with Gasteiger partial charge in [-0.25, -0.2) is 4.98 Å². The van der Waals surface area contributed by atoms with Crippen molar-refractivity contribution < 1.29 is 4.74 Å². The van der Waals surface area contributed by atoms with Gasteiger partial charge in [-0.15, -0.1) is 0 Å². The first-order valence-electron chi connectivity index (χ1n) is 3.63. The van der Waals surface area contributed by atoms with Crippen LogP contribution in [0.25, 0.3) is 0 Å². The molecule has 0 bridgehead atoms. The lowest BCUT2D eigenvalue weighted by Gasteiger charge is -2.25. The Balaban J connectivity index is 2.31. The van der Waals surface area contributed by atoms with Crippen LogP contribution in [0.4, 0.5) is 5.82 Å². The number of anilines is 1. The van der Waals surface area contributed by atoms with Crippen LogP contribution in [0.2, 0.25) is 5.15 Å². The average Bonchev–Trinajstić information content (AvgIpc) is 1.91. The molecule has 0 saturated carbocycles. The van der Waals surface area contributed by atoms with E-state index in [1.165, 1.54) is 6.20 Å². The van der Waals surface area contributed by atoms with E-state index in [1.54, 1.807) is 0 Å². The highest BCUT2D eigenvalue weighted by Crippen LogP contribution is 2.27. The minimum Gasteiger partial charge on any atom is -0.382 e. The minimum atomic E-state index is 0.297. The number of ether oxygens (including phenoxy) is 1. The second-order valence-electron chi connectivity index (χ2n) is 2.71. The van der Waals surface area contributed by atoms with Crippen LogP contribution >= 0.6 is 11.6 Å². The molecule has 2 rings (SSSR count). The van der Waals surface area contributed by atoms with Crippen molar-refractivity contribution in [2.24, 2.45) is 0 Å². The fourth-order valence-corrected chi connectivity index (χ4v) is 1.36. The molecule has 0 aliphatic carbocycles. The van der Waals surface area contributed by atoms with Crippen molar-refractivity contribution in [2.75, 3.05) is 18.9 Å². The number of nitrogens with zero attached hydrogens (tertiary/aromatic N) is 2. The van der Waals surface area contributed by atoms with Crippen molar-refractivity contribution in [1.82, 2.24) is 9.97 Å². The van der Waals surface area contributed by atoms with Crippen molar-refractivity contribution in [3.8, 4) is 0 Å². The Kier molecular flexibility index (Phi) is 1.86. The van der Waals surface area contributed by atoms with Gasteiger partial charge in [0, 0.05) is 0 Å². The molecule has 0 aromatic carbocycles. The molecule has 1 fully saturated rings. The molecule has 2 N–H and O–H groups in total. The maximum Gasteiger partial charge on any atom is 0.153 e. The van der Waals surface area contributed by atoms with E-state index in [4.69, 9.17) is 22.1 Å². The summed E-state index contributed by atoms with van der Waals surface area (Å²) in [6.07, 6.45) is 1.51. The number of halogens is 1. The summed E-state index contributed by atoms with van der Waals surface area (Å²) in [5.41, 5.74) is 6.19. The van der Waals surface area contributed by atoms with Crippen molar-refractivity contribution in [1.29, 1.82) is 0 Å². The third-order valence-electron chi connectivity index (χ3n) is 1.80. The van der Waals surface area contributed by atoms with Gasteiger partial charge >= 0.3 is 0 Å². The van der Waals surface area contributed by atoms with E-state index in [0.29, 0.717) is 30.1 Å². The molecule has 1 aromatic heterocycles. The molecule has 1 aromatic rings.